The number of aromatic nitrogens is 1. The molecule has 4 nitrogen and oxygen atoms in total. The van der Waals surface area contributed by atoms with E-state index in [-0.39, 0.29) is 5.91 Å². The second kappa shape index (κ2) is 4.96. The molecule has 0 radical (unpaired) electrons. The van der Waals surface area contributed by atoms with Gasteiger partial charge in [0.15, 0.2) is 0 Å². The van der Waals surface area contributed by atoms with Crippen molar-refractivity contribution in [1.29, 1.82) is 0 Å². The first kappa shape index (κ1) is 12.9. The molecule has 1 aliphatic rings. The quantitative estimate of drug-likeness (QED) is 0.872. The van der Waals surface area contributed by atoms with Crippen LogP contribution >= 0.6 is 0 Å². The van der Waals surface area contributed by atoms with Gasteiger partial charge in [-0.05, 0) is 39.2 Å². The maximum atomic E-state index is 12.6. The zero-order chi connectivity index (χ0) is 13.3. The Labute approximate surface area is 108 Å². The first-order chi connectivity index (χ1) is 8.54. The number of nitrogens with two attached hydrogens (primary N) is 1. The van der Waals surface area contributed by atoms with Crippen molar-refractivity contribution in [2.45, 2.75) is 52.1 Å². The van der Waals surface area contributed by atoms with Gasteiger partial charge in [-0.2, -0.15) is 0 Å². The number of nitrogens with zero attached hydrogens (tertiary/aromatic N) is 2. The highest BCUT2D eigenvalue weighted by atomic mass is 16.2. The SMILES string of the molecule is CCC1CCC(C)N1C(=O)c1cc(N)cnc1C. The fourth-order valence-corrected chi connectivity index (χ4v) is 2.74. The summed E-state index contributed by atoms with van der Waals surface area (Å²) in [6, 6.07) is 2.40. The normalized spacial score (nSPS) is 23.4. The fraction of sp³-hybridized carbons (Fsp3) is 0.571. The van der Waals surface area contributed by atoms with Gasteiger partial charge in [0.2, 0.25) is 0 Å². The Balaban J connectivity index is 2.32. The summed E-state index contributed by atoms with van der Waals surface area (Å²) in [5.74, 6) is 0.0733. The van der Waals surface area contributed by atoms with E-state index < -0.39 is 0 Å². The molecule has 0 aromatic carbocycles. The third kappa shape index (κ3) is 2.19. The second-order valence-corrected chi connectivity index (χ2v) is 5.10. The van der Waals surface area contributed by atoms with Crippen LogP contribution in [0, 0.1) is 6.92 Å². The number of hydrogen-bond donors (Lipinski definition) is 1. The summed E-state index contributed by atoms with van der Waals surface area (Å²) >= 11 is 0. The van der Waals surface area contributed by atoms with Crippen LogP contribution < -0.4 is 5.73 Å². The van der Waals surface area contributed by atoms with Gasteiger partial charge < -0.3 is 10.6 Å². The van der Waals surface area contributed by atoms with E-state index in [0.29, 0.717) is 23.3 Å². The molecule has 1 aliphatic heterocycles. The van der Waals surface area contributed by atoms with Gasteiger partial charge in [-0.1, -0.05) is 6.92 Å². The van der Waals surface area contributed by atoms with Crippen LogP contribution in [0.25, 0.3) is 0 Å². The average Bonchev–Trinajstić information content (AvgIpc) is 2.72. The van der Waals surface area contributed by atoms with Gasteiger partial charge in [-0.3, -0.25) is 9.78 Å². The van der Waals surface area contributed by atoms with Crippen LogP contribution in [0.3, 0.4) is 0 Å². The number of pyridine rings is 1. The number of likely N-dealkylation sites (tertiary alicyclic amines) is 1. The van der Waals surface area contributed by atoms with Crippen LogP contribution in [0.5, 0.6) is 0 Å². The van der Waals surface area contributed by atoms with Crippen molar-refractivity contribution in [3.63, 3.8) is 0 Å². The molecule has 0 spiro atoms. The predicted molar refractivity (Wildman–Crippen MR) is 72.3 cm³/mol. The lowest BCUT2D eigenvalue weighted by molar-refractivity contribution is 0.0675. The minimum atomic E-state index is 0.0733. The summed E-state index contributed by atoms with van der Waals surface area (Å²) < 4.78 is 0. The summed E-state index contributed by atoms with van der Waals surface area (Å²) in [6.07, 6.45) is 4.78. The number of rotatable bonds is 2. The Hall–Kier alpha value is -1.58. The largest absolute Gasteiger partial charge is 0.397 e. The lowest BCUT2D eigenvalue weighted by Gasteiger charge is -2.28. The van der Waals surface area contributed by atoms with Crippen molar-refractivity contribution >= 4 is 11.6 Å². The molecular weight excluding hydrogens is 226 g/mol. The van der Waals surface area contributed by atoms with Crippen molar-refractivity contribution in [1.82, 2.24) is 9.88 Å². The second-order valence-electron chi connectivity index (χ2n) is 5.10. The van der Waals surface area contributed by atoms with Crippen molar-refractivity contribution < 1.29 is 4.79 Å². The molecule has 1 aromatic heterocycles. The molecule has 0 bridgehead atoms. The summed E-state index contributed by atoms with van der Waals surface area (Å²) in [4.78, 5) is 18.8. The van der Waals surface area contributed by atoms with Crippen molar-refractivity contribution in [2.24, 2.45) is 0 Å². The summed E-state index contributed by atoms with van der Waals surface area (Å²) in [5.41, 5.74) is 7.67. The van der Waals surface area contributed by atoms with Gasteiger partial charge in [0, 0.05) is 12.1 Å². The Morgan fingerprint density at radius 3 is 2.94 bits per heavy atom. The molecule has 1 saturated heterocycles. The Kier molecular flexibility index (Phi) is 3.55. The van der Waals surface area contributed by atoms with Gasteiger partial charge in [0.25, 0.3) is 5.91 Å². The molecule has 0 saturated carbocycles. The average molecular weight is 247 g/mol. The van der Waals surface area contributed by atoms with Gasteiger partial charge in [-0.25, -0.2) is 0 Å². The number of carbonyl (C=O) groups is 1. The van der Waals surface area contributed by atoms with Gasteiger partial charge in [-0.15, -0.1) is 0 Å². The zero-order valence-corrected chi connectivity index (χ0v) is 11.3. The highest BCUT2D eigenvalue weighted by Crippen LogP contribution is 2.28. The monoisotopic (exact) mass is 247 g/mol. The molecule has 2 atom stereocenters. The van der Waals surface area contributed by atoms with Crippen LogP contribution in [-0.4, -0.2) is 27.9 Å². The molecule has 2 heterocycles. The van der Waals surface area contributed by atoms with E-state index in [9.17, 15) is 4.79 Å². The molecule has 2 unspecified atom stereocenters. The van der Waals surface area contributed by atoms with Crippen molar-refractivity contribution in [2.75, 3.05) is 5.73 Å². The van der Waals surface area contributed by atoms with Gasteiger partial charge in [0.05, 0.1) is 23.1 Å². The van der Waals surface area contributed by atoms with Crippen LogP contribution in [0.1, 0.15) is 49.2 Å². The molecule has 1 aromatic rings. The topological polar surface area (TPSA) is 59.2 Å². The summed E-state index contributed by atoms with van der Waals surface area (Å²) in [5, 5.41) is 0. The summed E-state index contributed by atoms with van der Waals surface area (Å²) in [6.45, 7) is 6.10. The minimum absolute atomic E-state index is 0.0733. The molecule has 2 rings (SSSR count). The van der Waals surface area contributed by atoms with E-state index in [2.05, 4.69) is 18.8 Å². The predicted octanol–water partition coefficient (Wildman–Crippen LogP) is 2.38. The van der Waals surface area contributed by atoms with Gasteiger partial charge in [0.1, 0.15) is 0 Å². The molecule has 1 fully saturated rings. The Morgan fingerprint density at radius 1 is 1.56 bits per heavy atom. The third-order valence-corrected chi connectivity index (χ3v) is 3.83. The van der Waals surface area contributed by atoms with E-state index in [1.54, 1.807) is 12.3 Å². The van der Waals surface area contributed by atoms with E-state index in [4.69, 9.17) is 5.73 Å². The fourth-order valence-electron chi connectivity index (χ4n) is 2.74. The zero-order valence-electron chi connectivity index (χ0n) is 11.3. The molecule has 0 aliphatic carbocycles. The Bertz CT molecular complexity index is 458. The van der Waals surface area contributed by atoms with Gasteiger partial charge >= 0.3 is 0 Å². The first-order valence-electron chi connectivity index (χ1n) is 6.59. The van der Waals surface area contributed by atoms with Crippen LogP contribution in [-0.2, 0) is 0 Å². The smallest absolute Gasteiger partial charge is 0.256 e. The number of aryl methyl sites for hydroxylation is 1. The molecule has 2 N–H and O–H groups in total. The number of carbonyl (C=O) groups excluding carboxylic acids is 1. The van der Waals surface area contributed by atoms with Crippen LogP contribution in [0.15, 0.2) is 12.3 Å². The molecule has 18 heavy (non-hydrogen) atoms. The lowest BCUT2D eigenvalue weighted by Crippen LogP contribution is -2.40. The lowest BCUT2D eigenvalue weighted by atomic mass is 10.1. The van der Waals surface area contributed by atoms with E-state index >= 15 is 0 Å². The highest BCUT2D eigenvalue weighted by molar-refractivity contribution is 5.96. The number of nitrogen functional groups attached to an aromatic ring is 1. The Morgan fingerprint density at radius 2 is 2.28 bits per heavy atom. The molecule has 1 amide bonds. The standard InChI is InChI=1S/C14H21N3O/c1-4-12-6-5-9(2)17(12)14(18)13-7-11(15)8-16-10(13)3/h7-9,12H,4-6,15H2,1-3H3. The van der Waals surface area contributed by atoms with Crippen molar-refractivity contribution in [3.05, 3.63) is 23.5 Å². The molecule has 98 valence electrons. The van der Waals surface area contributed by atoms with E-state index in [1.165, 1.54) is 0 Å². The maximum Gasteiger partial charge on any atom is 0.256 e. The highest BCUT2D eigenvalue weighted by Gasteiger charge is 2.34. The van der Waals surface area contributed by atoms with E-state index in [1.807, 2.05) is 11.8 Å². The first-order valence-corrected chi connectivity index (χ1v) is 6.59. The minimum Gasteiger partial charge on any atom is -0.397 e. The summed E-state index contributed by atoms with van der Waals surface area (Å²) in [7, 11) is 0. The number of amides is 1. The number of anilines is 1. The van der Waals surface area contributed by atoms with Crippen LogP contribution in [0.2, 0.25) is 0 Å². The van der Waals surface area contributed by atoms with Crippen LogP contribution in [0.4, 0.5) is 5.69 Å². The van der Waals surface area contributed by atoms with E-state index in [0.717, 1.165) is 25.0 Å². The molecular formula is C14H21N3O. The third-order valence-electron chi connectivity index (χ3n) is 3.83. The maximum absolute atomic E-state index is 12.6. The van der Waals surface area contributed by atoms with Crippen molar-refractivity contribution in [3.8, 4) is 0 Å². The number of hydrogen-bond acceptors (Lipinski definition) is 3. The molecule has 4 heteroatoms.